The Labute approximate surface area is 176 Å². The lowest BCUT2D eigenvalue weighted by Crippen LogP contribution is -2.24. The largest absolute Gasteiger partial charge is 0.309 e. The van der Waals surface area contributed by atoms with Crippen molar-refractivity contribution in [1.29, 1.82) is 5.26 Å². The van der Waals surface area contributed by atoms with Gasteiger partial charge in [-0.1, -0.05) is 30.6 Å². The number of nitriles is 1. The molecule has 0 atom stereocenters. The predicted molar refractivity (Wildman–Crippen MR) is 118 cm³/mol. The molecule has 0 spiro atoms. The van der Waals surface area contributed by atoms with Crippen LogP contribution in [0.2, 0.25) is 0 Å². The Morgan fingerprint density at radius 1 is 1.28 bits per heavy atom. The van der Waals surface area contributed by atoms with Gasteiger partial charge in [-0.3, -0.25) is 10.3 Å². The van der Waals surface area contributed by atoms with Crippen LogP contribution in [-0.4, -0.2) is 47.2 Å². The van der Waals surface area contributed by atoms with E-state index in [9.17, 15) is 0 Å². The van der Waals surface area contributed by atoms with Crippen LogP contribution in [0.5, 0.6) is 0 Å². The minimum atomic E-state index is 0.438. The van der Waals surface area contributed by atoms with E-state index in [4.69, 9.17) is 10.3 Å². The van der Waals surface area contributed by atoms with E-state index in [-0.39, 0.29) is 0 Å². The molecule has 0 saturated heterocycles. The number of hydrogen-bond donors (Lipinski definition) is 1. The van der Waals surface area contributed by atoms with Crippen LogP contribution in [0.15, 0.2) is 34.3 Å². The van der Waals surface area contributed by atoms with Crippen LogP contribution >= 0.6 is 11.3 Å². The van der Waals surface area contributed by atoms with Crippen LogP contribution in [0, 0.1) is 11.5 Å². The summed E-state index contributed by atoms with van der Waals surface area (Å²) in [6.07, 6.45) is 8.93. The third-order valence-electron chi connectivity index (χ3n) is 4.95. The first kappa shape index (κ1) is 21.2. The van der Waals surface area contributed by atoms with Crippen molar-refractivity contribution in [3.05, 3.63) is 29.1 Å². The van der Waals surface area contributed by atoms with E-state index in [1.807, 2.05) is 56.3 Å². The standard InChI is InChI=1S/C21H29N7S/c1-27(2)14-13-19(23-15-22)24-18-11-9-16(10-12-18)20-26-28(3)21(29-20)25-17-7-5-4-6-8-17/h9-12,17H,4-8,13-14H2,1-3H3,(H,23,24). The maximum Gasteiger partial charge on any atom is 0.203 e. The van der Waals surface area contributed by atoms with Gasteiger partial charge >= 0.3 is 0 Å². The van der Waals surface area contributed by atoms with Gasteiger partial charge in [0.15, 0.2) is 6.19 Å². The van der Waals surface area contributed by atoms with E-state index in [0.717, 1.165) is 27.6 Å². The van der Waals surface area contributed by atoms with Gasteiger partial charge in [-0.2, -0.15) is 10.4 Å². The summed E-state index contributed by atoms with van der Waals surface area (Å²) in [5.41, 5.74) is 1.87. The number of nitrogens with zero attached hydrogens (tertiary/aromatic N) is 6. The Morgan fingerprint density at radius 2 is 2.00 bits per heavy atom. The number of hydrogen-bond acceptors (Lipinski definition) is 6. The molecule has 1 aromatic carbocycles. The second kappa shape index (κ2) is 10.3. The van der Waals surface area contributed by atoms with Crippen molar-refractivity contribution in [2.24, 2.45) is 17.0 Å². The van der Waals surface area contributed by atoms with Crippen molar-refractivity contribution < 1.29 is 0 Å². The lowest BCUT2D eigenvalue weighted by atomic mass is 9.96. The highest BCUT2D eigenvalue weighted by Gasteiger charge is 2.13. The SMILES string of the molecule is CN(C)CCC(=Nc1ccc(-c2nn(C)c(=NC3CCCCC3)s2)cc1)NC#N. The lowest BCUT2D eigenvalue weighted by molar-refractivity contribution is 0.421. The molecular formula is C21H29N7S. The van der Waals surface area contributed by atoms with Gasteiger partial charge in [0.1, 0.15) is 10.8 Å². The maximum absolute atomic E-state index is 8.94. The first-order chi connectivity index (χ1) is 14.0. The van der Waals surface area contributed by atoms with Crippen molar-refractivity contribution in [3.8, 4) is 16.8 Å². The monoisotopic (exact) mass is 411 g/mol. The maximum atomic E-state index is 8.94. The fourth-order valence-electron chi connectivity index (χ4n) is 3.32. The van der Waals surface area contributed by atoms with Crippen LogP contribution in [0.3, 0.4) is 0 Å². The molecule has 7 nitrogen and oxygen atoms in total. The summed E-state index contributed by atoms with van der Waals surface area (Å²) in [5.74, 6) is 0.670. The number of aromatic nitrogens is 2. The molecule has 2 aromatic rings. The molecule has 1 fully saturated rings. The van der Waals surface area contributed by atoms with Crippen molar-refractivity contribution in [3.63, 3.8) is 0 Å². The van der Waals surface area contributed by atoms with Crippen molar-refractivity contribution in [1.82, 2.24) is 20.0 Å². The molecule has 29 heavy (non-hydrogen) atoms. The van der Waals surface area contributed by atoms with E-state index in [2.05, 4.69) is 20.3 Å². The Balaban J connectivity index is 1.76. The minimum absolute atomic E-state index is 0.438. The zero-order valence-electron chi connectivity index (χ0n) is 17.4. The minimum Gasteiger partial charge on any atom is -0.309 e. The average molecular weight is 412 g/mol. The molecule has 0 amide bonds. The molecule has 1 heterocycles. The summed E-state index contributed by atoms with van der Waals surface area (Å²) >= 11 is 1.63. The first-order valence-corrected chi connectivity index (χ1v) is 10.9. The fourth-order valence-corrected chi connectivity index (χ4v) is 4.28. The van der Waals surface area contributed by atoms with Gasteiger partial charge in [0.05, 0.1) is 11.7 Å². The molecule has 8 heteroatoms. The molecule has 0 bridgehead atoms. The van der Waals surface area contributed by atoms with Crippen LogP contribution in [0.25, 0.3) is 10.6 Å². The summed E-state index contributed by atoms with van der Waals surface area (Å²) < 4.78 is 1.89. The van der Waals surface area contributed by atoms with E-state index < -0.39 is 0 Å². The second-order valence-electron chi connectivity index (χ2n) is 7.63. The highest BCUT2D eigenvalue weighted by atomic mass is 32.1. The summed E-state index contributed by atoms with van der Waals surface area (Å²) in [6, 6.07) is 8.41. The topological polar surface area (TPSA) is 81.6 Å². The fraction of sp³-hybridized carbons (Fsp3) is 0.524. The van der Waals surface area contributed by atoms with E-state index in [1.54, 1.807) is 11.3 Å². The zero-order valence-corrected chi connectivity index (χ0v) is 18.2. The molecular weight excluding hydrogens is 382 g/mol. The normalized spacial score (nSPS) is 16.2. The Bertz CT molecular complexity index is 925. The third kappa shape index (κ3) is 6.24. The number of benzene rings is 1. The third-order valence-corrected chi connectivity index (χ3v) is 6.01. The molecule has 3 rings (SSSR count). The van der Waals surface area contributed by atoms with E-state index in [0.29, 0.717) is 18.3 Å². The number of aliphatic imine (C=N–C) groups is 1. The van der Waals surface area contributed by atoms with E-state index >= 15 is 0 Å². The summed E-state index contributed by atoms with van der Waals surface area (Å²) in [6.45, 7) is 0.828. The van der Waals surface area contributed by atoms with Crippen molar-refractivity contribution in [2.45, 2.75) is 44.6 Å². The smallest absolute Gasteiger partial charge is 0.203 e. The number of amidine groups is 1. The van der Waals surface area contributed by atoms with Gasteiger partial charge in [-0.05, 0) is 51.2 Å². The van der Waals surface area contributed by atoms with Crippen LogP contribution in [-0.2, 0) is 7.05 Å². The molecule has 154 valence electrons. The molecule has 1 saturated carbocycles. The van der Waals surface area contributed by atoms with Gasteiger partial charge < -0.3 is 4.90 Å². The van der Waals surface area contributed by atoms with Crippen molar-refractivity contribution >= 4 is 22.9 Å². The van der Waals surface area contributed by atoms with Gasteiger partial charge in [0.25, 0.3) is 0 Å². The lowest BCUT2D eigenvalue weighted by Gasteiger charge is -2.16. The van der Waals surface area contributed by atoms with Crippen LogP contribution < -0.4 is 10.1 Å². The van der Waals surface area contributed by atoms with Gasteiger partial charge in [0.2, 0.25) is 4.80 Å². The van der Waals surface area contributed by atoms with Crippen LogP contribution in [0.1, 0.15) is 38.5 Å². The molecule has 1 N–H and O–H groups in total. The highest BCUT2D eigenvalue weighted by molar-refractivity contribution is 7.12. The summed E-state index contributed by atoms with van der Waals surface area (Å²) in [5, 5.41) is 17.2. The molecule has 1 aliphatic carbocycles. The number of rotatable bonds is 6. The summed E-state index contributed by atoms with van der Waals surface area (Å²) in [7, 11) is 5.97. The number of aryl methyl sites for hydroxylation is 1. The van der Waals surface area contributed by atoms with Crippen LogP contribution in [0.4, 0.5) is 5.69 Å². The first-order valence-electron chi connectivity index (χ1n) is 10.1. The number of nitrogens with one attached hydrogen (secondary N) is 1. The van der Waals surface area contributed by atoms with Gasteiger partial charge in [-0.25, -0.2) is 9.67 Å². The molecule has 1 aromatic heterocycles. The zero-order chi connectivity index (χ0) is 20.6. The predicted octanol–water partition coefficient (Wildman–Crippen LogP) is 3.43. The second-order valence-corrected chi connectivity index (χ2v) is 8.59. The Kier molecular flexibility index (Phi) is 7.55. The average Bonchev–Trinajstić information content (AvgIpc) is 3.08. The van der Waals surface area contributed by atoms with Gasteiger partial charge in [0, 0.05) is 25.6 Å². The molecule has 1 aliphatic rings. The Hall–Kier alpha value is -2.50. The molecule has 0 radical (unpaired) electrons. The van der Waals surface area contributed by atoms with E-state index in [1.165, 1.54) is 32.1 Å². The summed E-state index contributed by atoms with van der Waals surface area (Å²) in [4.78, 5) is 12.6. The van der Waals surface area contributed by atoms with Crippen molar-refractivity contribution in [2.75, 3.05) is 20.6 Å². The van der Waals surface area contributed by atoms with Gasteiger partial charge in [-0.15, -0.1) is 0 Å². The quantitative estimate of drug-likeness (QED) is 0.342. The Morgan fingerprint density at radius 3 is 2.66 bits per heavy atom. The molecule has 0 aliphatic heterocycles. The highest BCUT2D eigenvalue weighted by Crippen LogP contribution is 2.24. The molecule has 0 unspecified atom stereocenters.